The number of hydrogen-bond acceptors (Lipinski definition) is 8. The topological polar surface area (TPSA) is 107 Å². The van der Waals surface area contributed by atoms with Crippen molar-refractivity contribution in [1.82, 2.24) is 15.3 Å². The van der Waals surface area contributed by atoms with E-state index in [1.807, 2.05) is 0 Å². The molecule has 1 saturated heterocycles. The molecule has 2 unspecified atom stereocenters. The first-order valence-corrected chi connectivity index (χ1v) is 8.35. The summed E-state index contributed by atoms with van der Waals surface area (Å²) in [5.41, 5.74) is 0.982. The molecule has 0 saturated carbocycles. The van der Waals surface area contributed by atoms with Gasteiger partial charge in [0, 0.05) is 12.4 Å². The molecule has 8 heteroatoms. The zero-order valence-corrected chi connectivity index (χ0v) is 14.9. The molecule has 1 aliphatic rings. The van der Waals surface area contributed by atoms with Crippen LogP contribution in [0.2, 0.25) is 0 Å². The largest absolute Gasteiger partial charge is 0.468 e. The molecule has 140 valence electrons. The van der Waals surface area contributed by atoms with E-state index >= 15 is 0 Å². The fourth-order valence-electron chi connectivity index (χ4n) is 3.30. The molecule has 1 fully saturated rings. The molecule has 3 rings (SSSR count). The third-order valence-corrected chi connectivity index (χ3v) is 4.56. The molecule has 1 aliphatic heterocycles. The standard InChI is InChI=1S/C19H19N3O5/c1-26-18(24)13-15(11-7-3-5-9-20-11)22-16(12-8-4-6-10-21-12)14(17(13)23)19(25)27-2/h3-10,13-16,22H,1-2H3/t13-,14?,15?,16-/m1/s1. The van der Waals surface area contributed by atoms with Crippen LogP contribution in [0, 0.1) is 11.8 Å². The zero-order chi connectivity index (χ0) is 19.4. The molecule has 2 aromatic heterocycles. The summed E-state index contributed by atoms with van der Waals surface area (Å²) in [5, 5.41) is 3.20. The molecular formula is C19H19N3O5. The number of carbonyl (C=O) groups excluding carboxylic acids is 3. The fraction of sp³-hybridized carbons (Fsp3) is 0.316. The Morgan fingerprint density at radius 2 is 1.30 bits per heavy atom. The highest BCUT2D eigenvalue weighted by Gasteiger charge is 2.52. The quantitative estimate of drug-likeness (QED) is 0.628. The van der Waals surface area contributed by atoms with Gasteiger partial charge in [-0.25, -0.2) is 0 Å². The summed E-state index contributed by atoms with van der Waals surface area (Å²) < 4.78 is 9.64. The normalized spacial score (nSPS) is 24.9. The number of methoxy groups -OCH3 is 2. The van der Waals surface area contributed by atoms with E-state index in [1.54, 1.807) is 48.8 Å². The predicted molar refractivity (Wildman–Crippen MR) is 93.1 cm³/mol. The van der Waals surface area contributed by atoms with Gasteiger partial charge in [0.2, 0.25) is 0 Å². The number of carbonyl (C=O) groups is 3. The molecule has 3 heterocycles. The van der Waals surface area contributed by atoms with Gasteiger partial charge in [-0.05, 0) is 24.3 Å². The van der Waals surface area contributed by atoms with E-state index in [0.29, 0.717) is 11.4 Å². The average Bonchev–Trinajstić information content (AvgIpc) is 2.73. The van der Waals surface area contributed by atoms with Gasteiger partial charge in [0.25, 0.3) is 0 Å². The van der Waals surface area contributed by atoms with Crippen molar-refractivity contribution in [3.63, 3.8) is 0 Å². The minimum atomic E-state index is -1.23. The maximum Gasteiger partial charge on any atom is 0.318 e. The lowest BCUT2D eigenvalue weighted by Crippen LogP contribution is -2.54. The fourth-order valence-corrected chi connectivity index (χ4v) is 3.30. The van der Waals surface area contributed by atoms with Crippen LogP contribution in [0.25, 0.3) is 0 Å². The Labute approximate surface area is 155 Å². The molecule has 0 aromatic carbocycles. The molecule has 2 aromatic rings. The third-order valence-electron chi connectivity index (χ3n) is 4.56. The molecule has 8 nitrogen and oxygen atoms in total. The van der Waals surface area contributed by atoms with Crippen LogP contribution in [-0.4, -0.2) is 41.9 Å². The monoisotopic (exact) mass is 369 g/mol. The third kappa shape index (κ3) is 3.56. The van der Waals surface area contributed by atoms with E-state index in [0.717, 1.165) is 0 Å². The second-order valence-corrected chi connectivity index (χ2v) is 6.04. The van der Waals surface area contributed by atoms with E-state index in [2.05, 4.69) is 15.3 Å². The number of rotatable bonds is 4. The van der Waals surface area contributed by atoms with Crippen molar-refractivity contribution in [2.45, 2.75) is 12.1 Å². The van der Waals surface area contributed by atoms with Gasteiger partial charge in [0.15, 0.2) is 5.78 Å². The Hall–Kier alpha value is -3.13. The van der Waals surface area contributed by atoms with E-state index < -0.39 is 41.6 Å². The minimum Gasteiger partial charge on any atom is -0.468 e. The van der Waals surface area contributed by atoms with E-state index in [-0.39, 0.29) is 0 Å². The van der Waals surface area contributed by atoms with Crippen LogP contribution in [0.5, 0.6) is 0 Å². The second kappa shape index (κ2) is 8.05. The number of pyridine rings is 2. The van der Waals surface area contributed by atoms with Gasteiger partial charge in [0.1, 0.15) is 11.8 Å². The zero-order valence-electron chi connectivity index (χ0n) is 14.9. The first-order chi connectivity index (χ1) is 13.1. The predicted octanol–water partition coefficient (Wildman–Crippen LogP) is 1.01. The molecule has 27 heavy (non-hydrogen) atoms. The minimum absolute atomic E-state index is 0.491. The number of Topliss-reactive ketones (excluding diaryl/α,β-unsaturated/α-hetero) is 1. The highest BCUT2D eigenvalue weighted by Crippen LogP contribution is 2.38. The van der Waals surface area contributed by atoms with Gasteiger partial charge >= 0.3 is 11.9 Å². The van der Waals surface area contributed by atoms with Crippen LogP contribution in [-0.2, 0) is 23.9 Å². The summed E-state index contributed by atoms with van der Waals surface area (Å²) in [6.45, 7) is 0. The molecule has 0 spiro atoms. The Morgan fingerprint density at radius 3 is 1.63 bits per heavy atom. The molecule has 0 amide bonds. The van der Waals surface area contributed by atoms with Gasteiger partial charge in [-0.3, -0.25) is 29.7 Å². The number of hydrogen-bond donors (Lipinski definition) is 1. The van der Waals surface area contributed by atoms with Gasteiger partial charge < -0.3 is 9.47 Å². The molecule has 0 bridgehead atoms. The number of esters is 2. The Kier molecular flexibility index (Phi) is 5.56. The maximum atomic E-state index is 13.2. The van der Waals surface area contributed by atoms with Crippen LogP contribution < -0.4 is 5.32 Å². The number of aromatic nitrogens is 2. The maximum absolute atomic E-state index is 13.2. The lowest BCUT2D eigenvalue weighted by molar-refractivity contribution is -0.161. The molecule has 1 N–H and O–H groups in total. The second-order valence-electron chi connectivity index (χ2n) is 6.04. The van der Waals surface area contributed by atoms with Gasteiger partial charge in [-0.1, -0.05) is 12.1 Å². The number of piperidine rings is 1. The van der Waals surface area contributed by atoms with Gasteiger partial charge in [-0.15, -0.1) is 0 Å². The van der Waals surface area contributed by atoms with Crippen LogP contribution in [0.1, 0.15) is 23.5 Å². The SMILES string of the molecule is COC(=O)C1C(=O)[C@H](C(=O)OC)C(c2ccccn2)N[C@@H]1c1ccccn1. The summed E-state index contributed by atoms with van der Waals surface area (Å²) in [6.07, 6.45) is 3.13. The van der Waals surface area contributed by atoms with Gasteiger partial charge in [0.05, 0.1) is 37.7 Å². The van der Waals surface area contributed by atoms with E-state index in [4.69, 9.17) is 9.47 Å². The summed E-state index contributed by atoms with van der Waals surface area (Å²) >= 11 is 0. The molecule has 4 atom stereocenters. The van der Waals surface area contributed by atoms with E-state index in [9.17, 15) is 14.4 Å². The summed E-state index contributed by atoms with van der Waals surface area (Å²) in [6, 6.07) is 8.85. The highest BCUT2D eigenvalue weighted by molar-refractivity contribution is 6.10. The molecule has 0 aliphatic carbocycles. The summed E-state index contributed by atoms with van der Waals surface area (Å²) in [4.78, 5) is 46.5. The first kappa shape index (κ1) is 18.7. The Morgan fingerprint density at radius 1 is 0.852 bits per heavy atom. The molecule has 0 radical (unpaired) electrons. The molecular weight excluding hydrogens is 350 g/mol. The highest BCUT2D eigenvalue weighted by atomic mass is 16.5. The van der Waals surface area contributed by atoms with Crippen molar-refractivity contribution in [2.24, 2.45) is 11.8 Å². The smallest absolute Gasteiger partial charge is 0.318 e. The van der Waals surface area contributed by atoms with Crippen molar-refractivity contribution in [3.05, 3.63) is 60.2 Å². The van der Waals surface area contributed by atoms with Crippen molar-refractivity contribution < 1.29 is 23.9 Å². The Bertz CT molecular complexity index is 760. The van der Waals surface area contributed by atoms with Crippen molar-refractivity contribution in [3.8, 4) is 0 Å². The number of ether oxygens (including phenoxy) is 2. The summed E-state index contributed by atoms with van der Waals surface area (Å²) in [5.74, 6) is -4.52. The number of nitrogens with zero attached hydrogens (tertiary/aromatic N) is 2. The van der Waals surface area contributed by atoms with Crippen LogP contribution in [0.4, 0.5) is 0 Å². The summed E-state index contributed by atoms with van der Waals surface area (Å²) in [7, 11) is 2.40. The van der Waals surface area contributed by atoms with Crippen LogP contribution in [0.3, 0.4) is 0 Å². The van der Waals surface area contributed by atoms with Crippen LogP contribution >= 0.6 is 0 Å². The lowest BCUT2D eigenvalue weighted by Gasteiger charge is -2.38. The lowest BCUT2D eigenvalue weighted by atomic mass is 9.76. The average molecular weight is 369 g/mol. The Balaban J connectivity index is 2.10. The van der Waals surface area contributed by atoms with E-state index in [1.165, 1.54) is 14.2 Å². The van der Waals surface area contributed by atoms with Crippen molar-refractivity contribution in [1.29, 1.82) is 0 Å². The van der Waals surface area contributed by atoms with Gasteiger partial charge in [-0.2, -0.15) is 0 Å². The van der Waals surface area contributed by atoms with Crippen molar-refractivity contribution >= 4 is 17.7 Å². The van der Waals surface area contributed by atoms with Crippen molar-refractivity contribution in [2.75, 3.05) is 14.2 Å². The first-order valence-electron chi connectivity index (χ1n) is 8.35. The van der Waals surface area contributed by atoms with Crippen LogP contribution in [0.15, 0.2) is 48.8 Å². The number of ketones is 1. The number of nitrogens with one attached hydrogen (secondary N) is 1.